The van der Waals surface area contributed by atoms with Crippen molar-refractivity contribution < 1.29 is 0 Å². The molecule has 0 saturated heterocycles. The van der Waals surface area contributed by atoms with Crippen LogP contribution in [0.4, 0.5) is 0 Å². The van der Waals surface area contributed by atoms with Crippen LogP contribution in [0.25, 0.3) is 91.1 Å². The van der Waals surface area contributed by atoms with Crippen LogP contribution in [-0.2, 0) is 28.2 Å². The van der Waals surface area contributed by atoms with E-state index in [9.17, 15) is 0 Å². The Morgan fingerprint density at radius 1 is 0.480 bits per heavy atom. The van der Waals surface area contributed by atoms with Crippen molar-refractivity contribution >= 4 is 46.4 Å². The third-order valence-electron chi connectivity index (χ3n) is 9.58. The topological polar surface area (TPSA) is 129 Å². The van der Waals surface area contributed by atoms with Crippen molar-refractivity contribution in [2.24, 2.45) is 28.2 Å². The van der Waals surface area contributed by atoms with Crippen LogP contribution in [0.3, 0.4) is 0 Å². The SMILES string of the molecule is Cc1nc(-c2c3nc(c(-c4cnn(C)c4)c4ccc([nH]4)c(-c4cnn(C)c4)c4nc(c(-c5cnn(C)c5)c5ccc2[nH]5)C=C4)C=C3)n(C)c1C. The fraction of sp³-hybridized carbons (Fsp3) is 0.158. The summed E-state index contributed by atoms with van der Waals surface area (Å²) < 4.78 is 7.56. The average Bonchev–Trinajstić information content (AvgIpc) is 3.93. The summed E-state index contributed by atoms with van der Waals surface area (Å²) in [5.41, 5.74) is 15.5. The molecule has 9 heterocycles. The molecule has 12 nitrogen and oxygen atoms in total. The van der Waals surface area contributed by atoms with Crippen molar-refractivity contribution in [2.75, 3.05) is 0 Å². The molecule has 0 aliphatic carbocycles. The molecule has 0 aromatic carbocycles. The summed E-state index contributed by atoms with van der Waals surface area (Å²) in [5.74, 6) is 0.830. The molecule has 50 heavy (non-hydrogen) atoms. The van der Waals surface area contributed by atoms with Gasteiger partial charge in [-0.2, -0.15) is 15.3 Å². The zero-order valence-corrected chi connectivity index (χ0v) is 28.6. The van der Waals surface area contributed by atoms with Gasteiger partial charge < -0.3 is 14.5 Å². The highest BCUT2D eigenvalue weighted by Crippen LogP contribution is 2.38. The van der Waals surface area contributed by atoms with Crippen molar-refractivity contribution in [2.45, 2.75) is 13.8 Å². The first kappa shape index (κ1) is 29.6. The number of hydrogen-bond acceptors (Lipinski definition) is 6. The van der Waals surface area contributed by atoms with E-state index in [0.29, 0.717) is 0 Å². The van der Waals surface area contributed by atoms with Gasteiger partial charge in [-0.1, -0.05) is 0 Å². The lowest BCUT2D eigenvalue weighted by Crippen LogP contribution is -1.97. The van der Waals surface area contributed by atoms with E-state index in [1.165, 1.54) is 0 Å². The highest BCUT2D eigenvalue weighted by atomic mass is 15.2. The van der Waals surface area contributed by atoms with Crippen LogP contribution in [0, 0.1) is 13.8 Å². The summed E-state index contributed by atoms with van der Waals surface area (Å²) in [6.45, 7) is 4.13. The van der Waals surface area contributed by atoms with Crippen LogP contribution in [-0.4, -0.2) is 58.8 Å². The molecule has 0 amide bonds. The molecule has 2 aliphatic heterocycles. The van der Waals surface area contributed by atoms with Gasteiger partial charge in [0.05, 0.1) is 58.1 Å². The Hall–Kier alpha value is -6.56. The Labute approximate surface area is 287 Å². The van der Waals surface area contributed by atoms with E-state index in [4.69, 9.17) is 15.0 Å². The second kappa shape index (κ2) is 11.0. The summed E-state index contributed by atoms with van der Waals surface area (Å²) in [6.07, 6.45) is 20.0. The van der Waals surface area contributed by atoms with Gasteiger partial charge >= 0.3 is 0 Å². The second-order valence-electron chi connectivity index (χ2n) is 12.9. The Bertz CT molecular complexity index is 2690. The third-order valence-corrected chi connectivity index (χ3v) is 9.58. The number of nitrogens with zero attached hydrogens (tertiary/aromatic N) is 10. The van der Waals surface area contributed by atoms with E-state index < -0.39 is 0 Å². The van der Waals surface area contributed by atoms with Crippen molar-refractivity contribution in [3.8, 4) is 44.8 Å². The normalized spacial score (nSPS) is 12.4. The van der Waals surface area contributed by atoms with Gasteiger partial charge in [0, 0.05) is 102 Å². The fourth-order valence-electron chi connectivity index (χ4n) is 6.94. The molecule has 2 N–H and O–H groups in total. The third kappa shape index (κ3) is 4.67. The minimum absolute atomic E-state index is 0.807. The first-order valence-electron chi connectivity index (χ1n) is 16.4. The zero-order chi connectivity index (χ0) is 34.3. The molecular weight excluding hydrogens is 625 g/mol. The van der Waals surface area contributed by atoms with Gasteiger partial charge in [0.2, 0.25) is 0 Å². The number of hydrogen-bond donors (Lipinski definition) is 2. The van der Waals surface area contributed by atoms with E-state index in [2.05, 4.69) is 92.4 Å². The van der Waals surface area contributed by atoms with Gasteiger partial charge in [-0.25, -0.2) is 15.0 Å². The van der Waals surface area contributed by atoms with Crippen LogP contribution in [0.5, 0.6) is 0 Å². The number of H-pyrrole nitrogens is 2. The van der Waals surface area contributed by atoms with Crippen LogP contribution in [0.2, 0.25) is 0 Å². The summed E-state index contributed by atoms with van der Waals surface area (Å²) in [7, 11) is 7.82. The summed E-state index contributed by atoms with van der Waals surface area (Å²) in [5, 5.41) is 13.6. The number of rotatable bonds is 4. The van der Waals surface area contributed by atoms with E-state index >= 15 is 0 Å². The Morgan fingerprint density at radius 3 is 1.16 bits per heavy atom. The smallest absolute Gasteiger partial charge is 0.144 e. The van der Waals surface area contributed by atoms with Crippen LogP contribution in [0.15, 0.2) is 61.4 Å². The quantitative estimate of drug-likeness (QED) is 0.212. The maximum Gasteiger partial charge on any atom is 0.144 e. The predicted molar refractivity (Wildman–Crippen MR) is 197 cm³/mol. The van der Waals surface area contributed by atoms with Gasteiger partial charge in [-0.05, 0) is 62.4 Å². The molecule has 0 unspecified atom stereocenters. The molecular formula is C38H34N12. The molecule has 2 aliphatic rings. The Morgan fingerprint density at radius 2 is 0.840 bits per heavy atom. The van der Waals surface area contributed by atoms with Gasteiger partial charge in [0.25, 0.3) is 0 Å². The number of imidazole rings is 1. The predicted octanol–water partition coefficient (Wildman–Crippen LogP) is 6.87. The molecule has 7 aromatic rings. The van der Waals surface area contributed by atoms with Crippen LogP contribution in [0.1, 0.15) is 34.2 Å². The molecule has 0 radical (unpaired) electrons. The minimum Gasteiger partial charge on any atom is -0.354 e. The maximum absolute atomic E-state index is 5.33. The molecule has 0 atom stereocenters. The first-order chi connectivity index (χ1) is 24.2. The van der Waals surface area contributed by atoms with E-state index in [1.54, 1.807) is 0 Å². The van der Waals surface area contributed by atoms with E-state index in [1.807, 2.05) is 79.3 Å². The van der Waals surface area contributed by atoms with Crippen molar-refractivity contribution in [1.29, 1.82) is 0 Å². The molecule has 8 bridgehead atoms. The number of aromatic amines is 2. The maximum atomic E-state index is 5.33. The second-order valence-corrected chi connectivity index (χ2v) is 12.9. The zero-order valence-electron chi connectivity index (χ0n) is 28.6. The lowest BCUT2D eigenvalue weighted by Gasteiger charge is -2.06. The number of nitrogens with one attached hydrogen (secondary N) is 2. The highest BCUT2D eigenvalue weighted by Gasteiger charge is 2.22. The molecule has 0 spiro atoms. The van der Waals surface area contributed by atoms with Gasteiger partial charge in [-0.3, -0.25) is 14.0 Å². The van der Waals surface area contributed by atoms with Gasteiger partial charge in [0.15, 0.2) is 0 Å². The highest BCUT2D eigenvalue weighted by molar-refractivity contribution is 5.99. The summed E-state index contributed by atoms with van der Waals surface area (Å²) in [4.78, 5) is 23.2. The fourth-order valence-corrected chi connectivity index (χ4v) is 6.94. The molecule has 0 saturated carbocycles. The molecule has 9 rings (SSSR count). The number of aromatic nitrogens is 12. The average molecular weight is 659 g/mol. The standard InChI is InChI=1S/C38H34N12/c1-21-22(2)50(6)38(42-21)37-32-13-11-30(45-32)35(24-16-40-48(4)19-24)28-9-7-26(43-28)34(23-15-39-47(3)18-23)27-8-10-29(44-27)36(25-17-41-49(5)20-25)31-12-14-33(37)46-31/h7-20,43,46H,1-6H3. The van der Waals surface area contributed by atoms with Gasteiger partial charge in [0.1, 0.15) is 5.82 Å². The first-order valence-corrected chi connectivity index (χ1v) is 16.4. The van der Waals surface area contributed by atoms with Crippen LogP contribution < -0.4 is 0 Å². The number of fused-ring (bicyclic) bond motifs is 8. The van der Waals surface area contributed by atoms with Crippen molar-refractivity contribution in [3.63, 3.8) is 0 Å². The molecule has 12 heteroatoms. The Kier molecular flexibility index (Phi) is 6.50. The van der Waals surface area contributed by atoms with Crippen molar-refractivity contribution in [3.05, 3.63) is 95.6 Å². The molecule has 0 fully saturated rings. The lowest BCUT2D eigenvalue weighted by molar-refractivity contribution is 0.768. The number of aryl methyl sites for hydroxylation is 4. The van der Waals surface area contributed by atoms with Gasteiger partial charge in [-0.15, -0.1) is 0 Å². The lowest BCUT2D eigenvalue weighted by atomic mass is 10.1. The van der Waals surface area contributed by atoms with Crippen molar-refractivity contribution in [1.82, 2.24) is 58.8 Å². The van der Waals surface area contributed by atoms with E-state index in [-0.39, 0.29) is 0 Å². The summed E-state index contributed by atoms with van der Waals surface area (Å²) in [6, 6.07) is 8.41. The van der Waals surface area contributed by atoms with Crippen LogP contribution >= 0.6 is 0 Å². The van der Waals surface area contributed by atoms with E-state index in [0.717, 1.165) is 101 Å². The molecule has 7 aromatic heterocycles. The minimum atomic E-state index is 0.807. The summed E-state index contributed by atoms with van der Waals surface area (Å²) >= 11 is 0. The monoisotopic (exact) mass is 658 g/mol. The molecule has 246 valence electrons. The Balaban J connectivity index is 1.49. The largest absolute Gasteiger partial charge is 0.354 e.